The molecular weight excluding hydrogens is 400 g/mol. The van der Waals surface area contributed by atoms with Crippen LogP contribution in [-0.4, -0.2) is 38.7 Å². The number of aromatic carboxylic acids is 1. The lowest BCUT2D eigenvalue weighted by molar-refractivity contribution is -0.126. The zero-order valence-electron chi connectivity index (χ0n) is 15.0. The maximum Gasteiger partial charge on any atom is 0.337 e. The van der Waals surface area contributed by atoms with Crippen molar-refractivity contribution in [2.75, 3.05) is 11.9 Å². The molecule has 0 atom stereocenters. The first-order valence-electron chi connectivity index (χ1n) is 8.20. The molecule has 2 amide bonds. The summed E-state index contributed by atoms with van der Waals surface area (Å²) in [6.45, 7) is 3.26. The number of aryl methyl sites for hydroxylation is 2. The topological polar surface area (TPSA) is 99.9 Å². The third-order valence-corrected chi connectivity index (χ3v) is 5.27. The molecule has 1 aliphatic rings. The van der Waals surface area contributed by atoms with Gasteiger partial charge < -0.3 is 14.8 Å². The van der Waals surface area contributed by atoms with Crippen LogP contribution >= 0.6 is 24.0 Å². The first kappa shape index (κ1) is 19.8. The van der Waals surface area contributed by atoms with E-state index >= 15 is 0 Å². The van der Waals surface area contributed by atoms with Gasteiger partial charge >= 0.3 is 5.97 Å². The summed E-state index contributed by atoms with van der Waals surface area (Å²) in [4.78, 5) is 37.8. The minimum absolute atomic E-state index is 0.0302. The van der Waals surface area contributed by atoms with Crippen molar-refractivity contribution in [2.45, 2.75) is 13.8 Å². The minimum Gasteiger partial charge on any atom is -0.478 e. The third kappa shape index (κ3) is 4.32. The van der Waals surface area contributed by atoms with E-state index in [1.807, 2.05) is 0 Å². The van der Waals surface area contributed by atoms with Gasteiger partial charge in [-0.25, -0.2) is 4.79 Å². The monoisotopic (exact) mass is 416 g/mol. The number of hydrogen-bond acceptors (Lipinski definition) is 6. The summed E-state index contributed by atoms with van der Waals surface area (Å²) in [7, 11) is 0. The van der Waals surface area contributed by atoms with Crippen LogP contribution in [0.4, 0.5) is 5.69 Å². The second-order valence-electron chi connectivity index (χ2n) is 6.12. The molecule has 1 aliphatic heterocycles. The number of carbonyl (C=O) groups excluding carboxylic acids is 2. The van der Waals surface area contributed by atoms with E-state index in [0.29, 0.717) is 16.4 Å². The number of benzene rings is 1. The smallest absolute Gasteiger partial charge is 0.337 e. The van der Waals surface area contributed by atoms with Crippen molar-refractivity contribution in [3.63, 3.8) is 0 Å². The van der Waals surface area contributed by atoms with Gasteiger partial charge in [-0.15, -0.1) is 0 Å². The fourth-order valence-corrected chi connectivity index (χ4v) is 3.81. The van der Waals surface area contributed by atoms with Gasteiger partial charge in [0, 0.05) is 6.08 Å². The Labute approximate surface area is 170 Å². The van der Waals surface area contributed by atoms with Crippen LogP contribution in [0, 0.1) is 13.8 Å². The minimum atomic E-state index is -1.16. The van der Waals surface area contributed by atoms with Crippen LogP contribution in [0.2, 0.25) is 0 Å². The van der Waals surface area contributed by atoms with Crippen LogP contribution in [0.3, 0.4) is 0 Å². The zero-order valence-corrected chi connectivity index (χ0v) is 16.6. The molecule has 7 nitrogen and oxygen atoms in total. The molecule has 0 saturated carbocycles. The number of thiocarbonyl (C=S) groups is 1. The predicted octanol–water partition coefficient (Wildman–Crippen LogP) is 3.43. The van der Waals surface area contributed by atoms with Crippen molar-refractivity contribution in [2.24, 2.45) is 0 Å². The lowest BCUT2D eigenvalue weighted by atomic mass is 10.1. The molecular formula is C19H16N2O5S2. The normalized spacial score (nSPS) is 15.4. The van der Waals surface area contributed by atoms with E-state index < -0.39 is 17.8 Å². The number of thioether (sulfide) groups is 1. The maximum absolute atomic E-state index is 12.6. The summed E-state index contributed by atoms with van der Waals surface area (Å²) in [5.74, 6) is -0.860. The average Bonchev–Trinajstić information content (AvgIpc) is 3.13. The van der Waals surface area contributed by atoms with Crippen molar-refractivity contribution >= 4 is 57.8 Å². The largest absolute Gasteiger partial charge is 0.478 e. The molecule has 3 rings (SSSR count). The number of carboxylic acid groups (broad SMARTS) is 1. The van der Waals surface area contributed by atoms with E-state index in [9.17, 15) is 19.5 Å². The quantitative estimate of drug-likeness (QED) is 0.569. The van der Waals surface area contributed by atoms with Gasteiger partial charge in [0.15, 0.2) is 0 Å². The molecule has 9 heteroatoms. The Kier molecular flexibility index (Phi) is 5.66. The second-order valence-corrected chi connectivity index (χ2v) is 7.79. The van der Waals surface area contributed by atoms with Gasteiger partial charge in [-0.1, -0.05) is 30.0 Å². The molecule has 28 heavy (non-hydrogen) atoms. The molecule has 0 bridgehead atoms. The summed E-state index contributed by atoms with van der Waals surface area (Å²) >= 11 is 6.29. The summed E-state index contributed by atoms with van der Waals surface area (Å²) in [6.07, 6.45) is 1.58. The van der Waals surface area contributed by atoms with E-state index in [2.05, 4.69) is 5.32 Å². The van der Waals surface area contributed by atoms with E-state index in [4.69, 9.17) is 16.6 Å². The molecule has 0 spiro atoms. The summed E-state index contributed by atoms with van der Waals surface area (Å²) in [6, 6.07) is 8.13. The standard InChI is InChI=1S/C19H16N2O5S2/c1-10-3-6-13(18(24)25)14(7-10)20-16(22)9-21-17(23)15(28-19(21)27)8-12-5-4-11(2)26-12/h3-8H,9H2,1-2H3,(H,20,22)(H,24,25)/b15-8-. The SMILES string of the molecule is Cc1ccc(C(=O)O)c(NC(=O)CN2C(=O)/C(=C/c3ccc(C)o3)SC2=S)c1. The van der Waals surface area contributed by atoms with Crippen molar-refractivity contribution in [3.8, 4) is 0 Å². The summed E-state index contributed by atoms with van der Waals surface area (Å²) in [5.41, 5.74) is 0.935. The lowest BCUT2D eigenvalue weighted by Crippen LogP contribution is -2.36. The number of rotatable bonds is 5. The maximum atomic E-state index is 12.6. The molecule has 1 aromatic heterocycles. The van der Waals surface area contributed by atoms with Gasteiger partial charge in [-0.05, 0) is 43.7 Å². The number of nitrogens with one attached hydrogen (secondary N) is 1. The first-order valence-corrected chi connectivity index (χ1v) is 9.42. The first-order chi connectivity index (χ1) is 13.2. The van der Waals surface area contributed by atoms with Gasteiger partial charge in [0.1, 0.15) is 22.4 Å². The van der Waals surface area contributed by atoms with E-state index in [0.717, 1.165) is 17.3 Å². The third-order valence-electron chi connectivity index (χ3n) is 3.89. The highest BCUT2D eigenvalue weighted by Gasteiger charge is 2.33. The van der Waals surface area contributed by atoms with Crippen molar-refractivity contribution in [1.29, 1.82) is 0 Å². The summed E-state index contributed by atoms with van der Waals surface area (Å²) < 4.78 is 5.68. The van der Waals surface area contributed by atoms with Gasteiger partial charge in [0.05, 0.1) is 16.2 Å². The van der Waals surface area contributed by atoms with E-state index in [1.54, 1.807) is 44.2 Å². The number of hydrogen-bond donors (Lipinski definition) is 2. The Balaban J connectivity index is 1.73. The Morgan fingerprint density at radius 3 is 2.68 bits per heavy atom. The van der Waals surface area contributed by atoms with Crippen LogP contribution in [0.5, 0.6) is 0 Å². The number of carbonyl (C=O) groups is 3. The van der Waals surface area contributed by atoms with Crippen molar-refractivity contribution in [3.05, 3.63) is 57.9 Å². The molecule has 2 aromatic rings. The fourth-order valence-electron chi connectivity index (χ4n) is 2.58. The second kappa shape index (κ2) is 7.99. The van der Waals surface area contributed by atoms with Crippen LogP contribution in [-0.2, 0) is 9.59 Å². The molecule has 0 unspecified atom stereocenters. The molecule has 1 saturated heterocycles. The number of nitrogens with zero attached hydrogens (tertiary/aromatic N) is 1. The van der Waals surface area contributed by atoms with Gasteiger partial charge in [0.2, 0.25) is 5.91 Å². The number of anilines is 1. The average molecular weight is 416 g/mol. The van der Waals surface area contributed by atoms with Crippen LogP contribution < -0.4 is 5.32 Å². The molecule has 1 fully saturated rings. The molecule has 0 aliphatic carbocycles. The lowest BCUT2D eigenvalue weighted by Gasteiger charge is -2.15. The molecule has 2 heterocycles. The molecule has 2 N–H and O–H groups in total. The Morgan fingerprint density at radius 2 is 2.04 bits per heavy atom. The van der Waals surface area contributed by atoms with Crippen molar-refractivity contribution < 1.29 is 23.9 Å². The predicted molar refractivity (Wildman–Crippen MR) is 110 cm³/mol. The highest BCUT2D eigenvalue weighted by Crippen LogP contribution is 2.32. The molecule has 1 aromatic carbocycles. The zero-order chi connectivity index (χ0) is 20.4. The van der Waals surface area contributed by atoms with E-state index in [1.165, 1.54) is 11.0 Å². The van der Waals surface area contributed by atoms with Crippen molar-refractivity contribution in [1.82, 2.24) is 4.90 Å². The highest BCUT2D eigenvalue weighted by molar-refractivity contribution is 8.26. The van der Waals surface area contributed by atoms with E-state index in [-0.39, 0.29) is 22.1 Å². The van der Waals surface area contributed by atoms with Crippen LogP contribution in [0.25, 0.3) is 6.08 Å². The Morgan fingerprint density at radius 1 is 1.29 bits per heavy atom. The molecule has 0 radical (unpaired) electrons. The Hall–Kier alpha value is -2.91. The highest BCUT2D eigenvalue weighted by atomic mass is 32.2. The van der Waals surface area contributed by atoms with Crippen LogP contribution in [0.15, 0.2) is 39.7 Å². The molecule has 144 valence electrons. The number of carboxylic acids is 1. The van der Waals surface area contributed by atoms with Gasteiger partial charge in [0.25, 0.3) is 5.91 Å². The summed E-state index contributed by atoms with van der Waals surface area (Å²) in [5, 5.41) is 11.8. The Bertz CT molecular complexity index is 1030. The number of amides is 2. The van der Waals surface area contributed by atoms with Gasteiger partial charge in [-0.2, -0.15) is 0 Å². The number of furan rings is 1. The fraction of sp³-hybridized carbons (Fsp3) is 0.158. The van der Waals surface area contributed by atoms with Crippen LogP contribution in [0.1, 0.15) is 27.4 Å². The van der Waals surface area contributed by atoms with Gasteiger partial charge in [-0.3, -0.25) is 14.5 Å².